The van der Waals surface area contributed by atoms with Crippen molar-refractivity contribution in [2.45, 2.75) is 18.7 Å². The Bertz CT molecular complexity index is 1210. The van der Waals surface area contributed by atoms with Gasteiger partial charge in [-0.25, -0.2) is 5.01 Å². The summed E-state index contributed by atoms with van der Waals surface area (Å²) in [7, 11) is 1.67. The van der Waals surface area contributed by atoms with E-state index in [1.807, 2.05) is 54.6 Å². The SMILES string of the molecule is COc1cccc([C@@H]2Oc3ccc(Br)cc3[C@H]3CC(c4ccc5c(c4)OCO5)=NN32)c1. The molecule has 0 aromatic heterocycles. The van der Waals surface area contributed by atoms with Crippen molar-refractivity contribution in [3.8, 4) is 23.0 Å². The van der Waals surface area contributed by atoms with Gasteiger partial charge >= 0.3 is 0 Å². The Morgan fingerprint density at radius 1 is 1.00 bits per heavy atom. The molecule has 6 nitrogen and oxygen atoms in total. The summed E-state index contributed by atoms with van der Waals surface area (Å²) in [4.78, 5) is 0. The Morgan fingerprint density at radius 3 is 2.77 bits per heavy atom. The molecule has 0 fully saturated rings. The van der Waals surface area contributed by atoms with Crippen molar-refractivity contribution in [1.29, 1.82) is 0 Å². The number of hydrogen-bond acceptors (Lipinski definition) is 6. The fourth-order valence-corrected chi connectivity index (χ4v) is 4.70. The molecule has 0 bridgehead atoms. The Labute approximate surface area is 188 Å². The second kappa shape index (κ2) is 7.20. The van der Waals surface area contributed by atoms with Crippen LogP contribution in [0.15, 0.2) is 70.2 Å². The molecule has 0 N–H and O–H groups in total. The lowest BCUT2D eigenvalue weighted by Crippen LogP contribution is -2.33. The Kier molecular flexibility index (Phi) is 4.31. The minimum Gasteiger partial charge on any atom is -0.497 e. The van der Waals surface area contributed by atoms with E-state index in [1.54, 1.807) is 7.11 Å². The first-order valence-electron chi connectivity index (χ1n) is 10.1. The first kappa shape index (κ1) is 18.6. The van der Waals surface area contributed by atoms with Gasteiger partial charge in [-0.2, -0.15) is 5.10 Å². The summed E-state index contributed by atoms with van der Waals surface area (Å²) in [5.41, 5.74) is 4.13. The molecule has 0 spiro atoms. The van der Waals surface area contributed by atoms with Gasteiger partial charge in [0.05, 0.1) is 18.9 Å². The molecule has 156 valence electrons. The van der Waals surface area contributed by atoms with Crippen LogP contribution in [0, 0.1) is 0 Å². The zero-order chi connectivity index (χ0) is 20.9. The standard InChI is InChI=1S/C24H19BrN2O4/c1-28-17-4-2-3-15(9-17)24-27-20(18-11-16(25)6-8-21(18)31-24)12-19(26-27)14-5-7-22-23(10-14)30-13-29-22/h2-11,20,24H,12-13H2,1H3/t20-,24+/m1/s1. The van der Waals surface area contributed by atoms with Crippen molar-refractivity contribution in [3.05, 3.63) is 81.8 Å². The molecule has 0 saturated heterocycles. The van der Waals surface area contributed by atoms with Crippen LogP contribution in [0.25, 0.3) is 0 Å². The number of benzene rings is 3. The highest BCUT2D eigenvalue weighted by Gasteiger charge is 2.41. The molecule has 0 amide bonds. The summed E-state index contributed by atoms with van der Waals surface area (Å²) in [6.45, 7) is 0.257. The van der Waals surface area contributed by atoms with Crippen LogP contribution >= 0.6 is 15.9 Å². The normalized spacial score (nSPS) is 20.6. The molecule has 0 unspecified atom stereocenters. The lowest BCUT2D eigenvalue weighted by molar-refractivity contribution is -0.0191. The topological polar surface area (TPSA) is 52.5 Å². The third kappa shape index (κ3) is 3.11. The molecule has 7 heteroatoms. The summed E-state index contributed by atoms with van der Waals surface area (Å²) in [5.74, 6) is 3.19. The second-order valence-corrected chi connectivity index (χ2v) is 8.56. The van der Waals surface area contributed by atoms with Gasteiger partial charge in [-0.15, -0.1) is 0 Å². The van der Waals surface area contributed by atoms with Crippen LogP contribution < -0.4 is 18.9 Å². The fraction of sp³-hybridized carbons (Fsp3) is 0.208. The monoisotopic (exact) mass is 478 g/mol. The van der Waals surface area contributed by atoms with Crippen LogP contribution in [-0.4, -0.2) is 24.6 Å². The summed E-state index contributed by atoms with van der Waals surface area (Å²) >= 11 is 3.60. The smallest absolute Gasteiger partial charge is 0.231 e. The Morgan fingerprint density at radius 2 is 1.87 bits per heavy atom. The number of nitrogens with zero attached hydrogens (tertiary/aromatic N) is 2. The van der Waals surface area contributed by atoms with Gasteiger partial charge in [0, 0.05) is 27.6 Å². The summed E-state index contributed by atoms with van der Waals surface area (Å²) in [6, 6.07) is 20.1. The van der Waals surface area contributed by atoms with Gasteiger partial charge in [0.1, 0.15) is 11.5 Å². The molecule has 3 heterocycles. The van der Waals surface area contributed by atoms with E-state index in [4.69, 9.17) is 24.0 Å². The summed E-state index contributed by atoms with van der Waals surface area (Å²) in [5, 5.41) is 7.08. The fourth-order valence-electron chi connectivity index (χ4n) is 4.32. The molecular weight excluding hydrogens is 460 g/mol. The first-order valence-corrected chi connectivity index (χ1v) is 10.8. The van der Waals surface area contributed by atoms with Gasteiger partial charge in [-0.3, -0.25) is 0 Å². The molecule has 31 heavy (non-hydrogen) atoms. The molecule has 3 aromatic carbocycles. The molecule has 6 rings (SSSR count). The van der Waals surface area contributed by atoms with Crippen molar-refractivity contribution in [3.63, 3.8) is 0 Å². The van der Waals surface area contributed by atoms with Crippen molar-refractivity contribution in [2.24, 2.45) is 5.10 Å². The maximum Gasteiger partial charge on any atom is 0.231 e. The number of methoxy groups -OCH3 is 1. The van der Waals surface area contributed by atoms with Gasteiger partial charge < -0.3 is 18.9 Å². The summed E-state index contributed by atoms with van der Waals surface area (Å²) in [6.07, 6.45) is 0.424. The van der Waals surface area contributed by atoms with Gasteiger partial charge in [0.25, 0.3) is 0 Å². The maximum absolute atomic E-state index is 6.44. The van der Waals surface area contributed by atoms with Gasteiger partial charge in [0.15, 0.2) is 11.5 Å². The van der Waals surface area contributed by atoms with E-state index in [-0.39, 0.29) is 19.1 Å². The minimum atomic E-state index is -0.347. The highest BCUT2D eigenvalue weighted by Crippen LogP contribution is 2.48. The molecule has 2 atom stereocenters. The molecule has 0 radical (unpaired) electrons. The van der Waals surface area contributed by atoms with E-state index in [9.17, 15) is 0 Å². The van der Waals surface area contributed by atoms with Crippen molar-refractivity contribution in [1.82, 2.24) is 5.01 Å². The third-order valence-electron chi connectivity index (χ3n) is 5.84. The first-order chi connectivity index (χ1) is 15.2. The van der Waals surface area contributed by atoms with E-state index in [1.165, 1.54) is 0 Å². The number of hydrogen-bond donors (Lipinski definition) is 0. The van der Waals surface area contributed by atoms with Crippen LogP contribution in [0.2, 0.25) is 0 Å². The van der Waals surface area contributed by atoms with Crippen LogP contribution in [0.5, 0.6) is 23.0 Å². The van der Waals surface area contributed by atoms with E-state index in [2.05, 4.69) is 27.0 Å². The molecule has 3 aliphatic rings. The van der Waals surface area contributed by atoms with Gasteiger partial charge in [0.2, 0.25) is 13.0 Å². The molecule has 3 aromatic rings. The zero-order valence-electron chi connectivity index (χ0n) is 16.7. The predicted molar refractivity (Wildman–Crippen MR) is 119 cm³/mol. The highest BCUT2D eigenvalue weighted by molar-refractivity contribution is 9.10. The molecule has 0 saturated carbocycles. The van der Waals surface area contributed by atoms with E-state index >= 15 is 0 Å². The van der Waals surface area contributed by atoms with Crippen molar-refractivity contribution < 1.29 is 18.9 Å². The average molecular weight is 479 g/mol. The molecule has 0 aliphatic carbocycles. The van der Waals surface area contributed by atoms with Gasteiger partial charge in [-0.05, 0) is 48.5 Å². The lowest BCUT2D eigenvalue weighted by atomic mass is 9.95. The number of ether oxygens (including phenoxy) is 4. The summed E-state index contributed by atoms with van der Waals surface area (Å²) < 4.78 is 23.9. The number of halogens is 1. The van der Waals surface area contributed by atoms with Gasteiger partial charge in [-0.1, -0.05) is 28.1 Å². The van der Waals surface area contributed by atoms with E-state index < -0.39 is 0 Å². The van der Waals surface area contributed by atoms with Crippen LogP contribution in [-0.2, 0) is 0 Å². The highest BCUT2D eigenvalue weighted by atomic mass is 79.9. The Balaban J connectivity index is 1.44. The predicted octanol–water partition coefficient (Wildman–Crippen LogP) is 5.43. The van der Waals surface area contributed by atoms with E-state index in [0.29, 0.717) is 0 Å². The maximum atomic E-state index is 6.44. The molecule has 3 aliphatic heterocycles. The molecular formula is C24H19BrN2O4. The number of hydrazone groups is 1. The average Bonchev–Trinajstić information content (AvgIpc) is 3.45. The second-order valence-electron chi connectivity index (χ2n) is 7.64. The largest absolute Gasteiger partial charge is 0.497 e. The lowest BCUT2D eigenvalue weighted by Gasteiger charge is -2.38. The van der Waals surface area contributed by atoms with Crippen molar-refractivity contribution in [2.75, 3.05) is 13.9 Å². The quantitative estimate of drug-likeness (QED) is 0.502. The number of rotatable bonds is 3. The third-order valence-corrected chi connectivity index (χ3v) is 6.33. The Hall–Kier alpha value is -3.19. The van der Waals surface area contributed by atoms with Crippen LogP contribution in [0.1, 0.15) is 35.4 Å². The minimum absolute atomic E-state index is 0.0675. The van der Waals surface area contributed by atoms with Crippen molar-refractivity contribution >= 4 is 21.6 Å². The van der Waals surface area contributed by atoms with E-state index in [0.717, 1.165) is 56.3 Å². The zero-order valence-corrected chi connectivity index (χ0v) is 18.3. The van der Waals surface area contributed by atoms with Crippen LogP contribution in [0.4, 0.5) is 0 Å². The van der Waals surface area contributed by atoms with Crippen LogP contribution in [0.3, 0.4) is 0 Å². The number of fused-ring (bicyclic) bond motifs is 4.